The fraction of sp³-hybridized carbons (Fsp3) is 0.143. The molecule has 4 aromatic heterocycles. The van der Waals surface area contributed by atoms with Crippen LogP contribution in [0.2, 0.25) is 0 Å². The molecule has 0 spiro atoms. The first-order chi connectivity index (χ1) is 19.3. The number of carbonyl (C=O) groups excluding carboxylic acids is 2. The van der Waals surface area contributed by atoms with Gasteiger partial charge in [-0.25, -0.2) is 9.37 Å². The zero-order chi connectivity index (χ0) is 28.0. The number of Topliss-reactive ketones (excluding diaryl/α,β-unsaturated/α-hetero) is 1. The van der Waals surface area contributed by atoms with Gasteiger partial charge >= 0.3 is 5.91 Å². The van der Waals surface area contributed by atoms with Gasteiger partial charge in [-0.3, -0.25) is 19.5 Å². The van der Waals surface area contributed by atoms with Gasteiger partial charge in [0.15, 0.2) is 10.1 Å². The van der Waals surface area contributed by atoms with E-state index in [-0.39, 0.29) is 28.0 Å². The van der Waals surface area contributed by atoms with Gasteiger partial charge in [0.05, 0.1) is 17.3 Å². The summed E-state index contributed by atoms with van der Waals surface area (Å²) in [5, 5.41) is 20.1. The zero-order valence-electron chi connectivity index (χ0n) is 21.3. The highest BCUT2D eigenvalue weighted by Crippen LogP contribution is 2.44. The van der Waals surface area contributed by atoms with E-state index in [9.17, 15) is 19.1 Å². The number of hydrogen-bond acceptors (Lipinski definition) is 9. The minimum atomic E-state index is -1.00. The lowest BCUT2D eigenvalue weighted by Crippen LogP contribution is -2.29. The number of hydrogen-bond donors (Lipinski definition) is 1. The van der Waals surface area contributed by atoms with Crippen LogP contribution in [0.25, 0.3) is 11.4 Å². The summed E-state index contributed by atoms with van der Waals surface area (Å²) in [5.41, 5.74) is 3.26. The number of pyridine rings is 2. The van der Waals surface area contributed by atoms with E-state index < -0.39 is 17.7 Å². The van der Waals surface area contributed by atoms with Crippen LogP contribution in [0.5, 0.6) is 0 Å². The highest BCUT2D eigenvalue weighted by atomic mass is 32.2. The predicted molar refractivity (Wildman–Crippen MR) is 150 cm³/mol. The molecule has 1 unspecified atom stereocenters. The molecule has 0 aliphatic carbocycles. The number of aliphatic hydroxyl groups excluding tert-OH is 1. The summed E-state index contributed by atoms with van der Waals surface area (Å²) in [6, 6.07) is 12.6. The fourth-order valence-corrected chi connectivity index (χ4v) is 6.52. The van der Waals surface area contributed by atoms with E-state index in [0.717, 1.165) is 16.9 Å². The summed E-state index contributed by atoms with van der Waals surface area (Å²) in [4.78, 5) is 36.9. The molecule has 1 saturated heterocycles. The van der Waals surface area contributed by atoms with Crippen molar-refractivity contribution in [1.29, 1.82) is 0 Å². The normalized spacial score (nSPS) is 16.8. The van der Waals surface area contributed by atoms with E-state index in [4.69, 9.17) is 0 Å². The molecule has 1 fully saturated rings. The summed E-state index contributed by atoms with van der Waals surface area (Å²) in [5.74, 6) is -2.10. The maximum Gasteiger partial charge on any atom is 0.301 e. The number of amides is 1. The second-order valence-electron chi connectivity index (χ2n) is 9.12. The molecule has 1 N–H and O–H groups in total. The number of aromatic nitrogens is 5. The van der Waals surface area contributed by atoms with Gasteiger partial charge in [0, 0.05) is 24.3 Å². The van der Waals surface area contributed by atoms with Gasteiger partial charge in [0.2, 0.25) is 5.13 Å². The Morgan fingerprint density at radius 1 is 1.10 bits per heavy atom. The lowest BCUT2D eigenvalue weighted by molar-refractivity contribution is -0.132. The van der Waals surface area contributed by atoms with Crippen molar-refractivity contribution >= 4 is 51.3 Å². The van der Waals surface area contributed by atoms with E-state index in [2.05, 4.69) is 20.2 Å². The quantitative estimate of drug-likeness (QED) is 0.0965. The van der Waals surface area contributed by atoms with Gasteiger partial charge in [-0.1, -0.05) is 53.4 Å². The number of imidazole rings is 1. The van der Waals surface area contributed by atoms with Crippen molar-refractivity contribution in [2.75, 3.05) is 4.90 Å². The summed E-state index contributed by atoms with van der Waals surface area (Å²) in [6.07, 6.45) is 4.93. The molecule has 6 rings (SSSR count). The van der Waals surface area contributed by atoms with Crippen molar-refractivity contribution < 1.29 is 19.1 Å². The summed E-state index contributed by atoms with van der Waals surface area (Å²) in [7, 11) is 0. The molecular formula is C28H21FN6O3S2. The number of thioether (sulfide) groups is 1. The van der Waals surface area contributed by atoms with E-state index in [0.29, 0.717) is 32.6 Å². The molecule has 1 aliphatic heterocycles. The Labute approximate surface area is 236 Å². The molecule has 1 aromatic carbocycles. The Morgan fingerprint density at radius 2 is 1.93 bits per heavy atom. The maximum absolute atomic E-state index is 14.1. The third-order valence-electron chi connectivity index (χ3n) is 6.66. The number of benzene rings is 1. The molecule has 1 aliphatic rings. The summed E-state index contributed by atoms with van der Waals surface area (Å²) in [6.45, 7) is 3.69. The van der Waals surface area contributed by atoms with Crippen molar-refractivity contribution in [3.63, 3.8) is 0 Å². The van der Waals surface area contributed by atoms with Crippen molar-refractivity contribution in [3.8, 4) is 0 Å². The molecule has 0 bridgehead atoms. The Bertz CT molecular complexity index is 1820. The van der Waals surface area contributed by atoms with E-state index in [1.807, 2.05) is 29.7 Å². The summed E-state index contributed by atoms with van der Waals surface area (Å²) < 4.78 is 16.4. The number of carbonyl (C=O) groups is 2. The molecule has 5 aromatic rings. The Hall–Kier alpha value is -4.42. The van der Waals surface area contributed by atoms with Crippen LogP contribution in [0, 0.1) is 19.7 Å². The van der Waals surface area contributed by atoms with E-state index in [1.54, 1.807) is 43.5 Å². The minimum absolute atomic E-state index is 0.113. The highest BCUT2D eigenvalue weighted by molar-refractivity contribution is 8.00. The van der Waals surface area contributed by atoms with Gasteiger partial charge in [-0.15, -0.1) is 10.2 Å². The van der Waals surface area contributed by atoms with Crippen LogP contribution in [-0.2, 0) is 15.3 Å². The van der Waals surface area contributed by atoms with Crippen LogP contribution in [-0.4, -0.2) is 41.4 Å². The van der Waals surface area contributed by atoms with Crippen LogP contribution < -0.4 is 4.90 Å². The third kappa shape index (κ3) is 4.34. The monoisotopic (exact) mass is 572 g/mol. The largest absolute Gasteiger partial charge is 0.505 e. The summed E-state index contributed by atoms with van der Waals surface area (Å²) >= 11 is 2.38. The number of rotatable bonds is 6. The van der Waals surface area contributed by atoms with Crippen molar-refractivity contribution in [2.45, 2.75) is 30.0 Å². The highest BCUT2D eigenvalue weighted by Gasteiger charge is 2.49. The fourth-order valence-electron chi connectivity index (χ4n) is 4.67. The number of aliphatic hydroxyl groups is 1. The van der Waals surface area contributed by atoms with E-state index >= 15 is 0 Å². The van der Waals surface area contributed by atoms with Gasteiger partial charge in [-0.2, -0.15) is 0 Å². The Morgan fingerprint density at radius 3 is 2.67 bits per heavy atom. The molecule has 1 amide bonds. The van der Waals surface area contributed by atoms with Crippen LogP contribution in [0.15, 0.2) is 77.0 Å². The molecule has 200 valence electrons. The predicted octanol–water partition coefficient (Wildman–Crippen LogP) is 5.26. The zero-order valence-corrected chi connectivity index (χ0v) is 22.9. The number of nitrogens with zero attached hydrogens (tertiary/aromatic N) is 6. The molecule has 0 saturated carbocycles. The number of halogens is 1. The second-order valence-corrected chi connectivity index (χ2v) is 11.3. The number of ketones is 1. The molecule has 5 heterocycles. The smallest absolute Gasteiger partial charge is 0.301 e. The van der Waals surface area contributed by atoms with Crippen LogP contribution in [0.1, 0.15) is 34.1 Å². The number of fused-ring (bicyclic) bond motifs is 1. The first kappa shape index (κ1) is 25.8. The van der Waals surface area contributed by atoms with Gasteiger partial charge in [0.1, 0.15) is 17.2 Å². The molecule has 12 heteroatoms. The minimum Gasteiger partial charge on any atom is -0.505 e. The average molecular weight is 573 g/mol. The van der Waals surface area contributed by atoms with Crippen LogP contribution >= 0.6 is 23.1 Å². The Kier molecular flexibility index (Phi) is 6.64. The SMILES string of the molecule is Cc1cccn2c(C)c(C(O)=C3C(=O)C(=O)N(c4nnc(SCc5ccccc5F)s4)C3c3cccnc3)nc12. The van der Waals surface area contributed by atoms with Crippen molar-refractivity contribution in [1.82, 2.24) is 24.6 Å². The van der Waals surface area contributed by atoms with E-state index in [1.165, 1.54) is 28.9 Å². The first-order valence-corrected chi connectivity index (χ1v) is 14.0. The number of aryl methyl sites for hydroxylation is 2. The molecule has 1 atom stereocenters. The maximum atomic E-state index is 14.1. The second kappa shape index (κ2) is 10.3. The lowest BCUT2D eigenvalue weighted by atomic mass is 9.98. The molecular weight excluding hydrogens is 551 g/mol. The van der Waals surface area contributed by atoms with Gasteiger partial charge in [0.25, 0.3) is 5.78 Å². The number of anilines is 1. The lowest BCUT2D eigenvalue weighted by Gasteiger charge is -2.21. The van der Waals surface area contributed by atoms with Crippen molar-refractivity contribution in [3.05, 3.63) is 107 Å². The van der Waals surface area contributed by atoms with Gasteiger partial charge in [-0.05, 0) is 48.7 Å². The Balaban J connectivity index is 1.43. The standard InChI is InChI=1S/C28H21FN6O3S2/c1-15-7-6-12-34-16(2)21(31-25(15)34)23(36)20-22(17-9-5-11-30-13-17)35(26(38)24(20)37)27-32-33-28(40-27)39-14-18-8-3-4-10-19(18)29/h3-13,22,36H,14H2,1-2H3. The first-order valence-electron chi connectivity index (χ1n) is 12.2. The third-order valence-corrected chi connectivity index (χ3v) is 8.77. The van der Waals surface area contributed by atoms with Gasteiger partial charge < -0.3 is 9.51 Å². The molecule has 0 radical (unpaired) electrons. The van der Waals surface area contributed by atoms with Crippen molar-refractivity contribution in [2.24, 2.45) is 0 Å². The van der Waals surface area contributed by atoms with Crippen LogP contribution in [0.4, 0.5) is 9.52 Å². The average Bonchev–Trinajstić information content (AvgIpc) is 3.64. The molecule has 40 heavy (non-hydrogen) atoms. The molecule has 9 nitrogen and oxygen atoms in total. The van der Waals surface area contributed by atoms with Crippen LogP contribution in [0.3, 0.4) is 0 Å². The topological polar surface area (TPSA) is 114 Å².